The van der Waals surface area contributed by atoms with Gasteiger partial charge in [-0.1, -0.05) is 54.6 Å². The number of hydrogen-bond donors (Lipinski definition) is 3. The highest BCUT2D eigenvalue weighted by Gasteiger charge is 2.12. The van der Waals surface area contributed by atoms with Crippen molar-refractivity contribution in [1.82, 2.24) is 5.43 Å². The second kappa shape index (κ2) is 8.31. The van der Waals surface area contributed by atoms with Gasteiger partial charge >= 0.3 is 0 Å². The first-order valence-corrected chi connectivity index (χ1v) is 7.88. The number of para-hydroxylation sites is 3. The van der Waals surface area contributed by atoms with E-state index in [1.165, 1.54) is 0 Å². The Morgan fingerprint density at radius 3 is 1.80 bits per heavy atom. The molecule has 3 aromatic carbocycles. The summed E-state index contributed by atoms with van der Waals surface area (Å²) >= 11 is 0. The Morgan fingerprint density at radius 1 is 0.680 bits per heavy atom. The molecule has 0 aliphatic carbocycles. The molecule has 5 heteroatoms. The van der Waals surface area contributed by atoms with Gasteiger partial charge in [0, 0.05) is 5.69 Å². The second-order valence-electron chi connectivity index (χ2n) is 5.23. The minimum absolute atomic E-state index is 0.166. The number of carbonyl (C=O) groups is 1. The monoisotopic (exact) mass is 330 g/mol. The lowest BCUT2D eigenvalue weighted by Crippen LogP contribution is -2.39. The summed E-state index contributed by atoms with van der Waals surface area (Å²) in [5.74, 6) is -0.169. The Hall–Kier alpha value is -3.60. The summed E-state index contributed by atoms with van der Waals surface area (Å²) in [5.41, 5.74) is 8.10. The zero-order valence-electron chi connectivity index (χ0n) is 13.5. The van der Waals surface area contributed by atoms with E-state index >= 15 is 0 Å². The molecule has 0 aromatic heterocycles. The molecular formula is C20H18N4O. The molecule has 0 fully saturated rings. The standard InChI is InChI=1S/C20H18N4O/c25-20(22-17-12-6-2-7-13-17)19(21-16-10-4-1-5-11-16)24-23-18-14-8-3-9-15-18/h1-15,23H,(H,21,24)(H,22,25). The molecular weight excluding hydrogens is 312 g/mol. The molecule has 1 amide bonds. The molecule has 3 rings (SSSR count). The highest BCUT2D eigenvalue weighted by Crippen LogP contribution is 2.11. The van der Waals surface area contributed by atoms with E-state index in [4.69, 9.17) is 0 Å². The van der Waals surface area contributed by atoms with Crippen molar-refractivity contribution in [3.05, 3.63) is 91.0 Å². The van der Waals surface area contributed by atoms with E-state index in [-0.39, 0.29) is 11.7 Å². The SMILES string of the molecule is O=C(Nc1ccccc1)C(=Nc1ccccc1)NNc1ccccc1. The fourth-order valence-electron chi connectivity index (χ4n) is 2.13. The molecule has 0 radical (unpaired) electrons. The Morgan fingerprint density at radius 2 is 1.20 bits per heavy atom. The van der Waals surface area contributed by atoms with Gasteiger partial charge in [-0.3, -0.25) is 15.6 Å². The Bertz CT molecular complexity index is 833. The van der Waals surface area contributed by atoms with Crippen LogP contribution < -0.4 is 16.2 Å². The molecule has 0 unspecified atom stereocenters. The van der Waals surface area contributed by atoms with Crippen LogP contribution in [0.5, 0.6) is 0 Å². The number of aliphatic imine (C=N–C) groups is 1. The number of nitrogens with one attached hydrogen (secondary N) is 3. The summed E-state index contributed by atoms with van der Waals surface area (Å²) in [6, 6.07) is 28.1. The van der Waals surface area contributed by atoms with Gasteiger partial charge in [0.25, 0.3) is 5.91 Å². The molecule has 5 nitrogen and oxygen atoms in total. The number of benzene rings is 3. The fraction of sp³-hybridized carbons (Fsp3) is 0. The molecule has 0 aliphatic heterocycles. The molecule has 0 spiro atoms. The maximum absolute atomic E-state index is 12.6. The van der Waals surface area contributed by atoms with Crippen molar-refractivity contribution in [2.45, 2.75) is 0 Å². The van der Waals surface area contributed by atoms with E-state index in [9.17, 15) is 4.79 Å². The quantitative estimate of drug-likeness (QED) is 0.385. The lowest BCUT2D eigenvalue weighted by atomic mass is 10.3. The van der Waals surface area contributed by atoms with Gasteiger partial charge < -0.3 is 5.32 Å². The first kappa shape index (κ1) is 16.3. The number of amides is 1. The predicted molar refractivity (Wildman–Crippen MR) is 102 cm³/mol. The van der Waals surface area contributed by atoms with Crippen LogP contribution in [0.25, 0.3) is 0 Å². The largest absolute Gasteiger partial charge is 0.319 e. The topological polar surface area (TPSA) is 65.5 Å². The molecule has 3 aromatic rings. The molecule has 0 saturated heterocycles. The normalized spacial score (nSPS) is 10.8. The highest BCUT2D eigenvalue weighted by molar-refractivity contribution is 6.42. The van der Waals surface area contributed by atoms with E-state index in [0.717, 1.165) is 5.69 Å². The first-order valence-electron chi connectivity index (χ1n) is 7.88. The third-order valence-corrected chi connectivity index (χ3v) is 3.34. The molecule has 0 aliphatic rings. The van der Waals surface area contributed by atoms with E-state index in [2.05, 4.69) is 21.2 Å². The zero-order chi connectivity index (χ0) is 17.3. The third-order valence-electron chi connectivity index (χ3n) is 3.34. The van der Waals surface area contributed by atoms with E-state index in [0.29, 0.717) is 11.4 Å². The van der Waals surface area contributed by atoms with Crippen molar-refractivity contribution in [2.75, 3.05) is 10.7 Å². The fourth-order valence-corrected chi connectivity index (χ4v) is 2.13. The van der Waals surface area contributed by atoms with Gasteiger partial charge in [-0.15, -0.1) is 0 Å². The summed E-state index contributed by atoms with van der Waals surface area (Å²) in [6.07, 6.45) is 0. The van der Waals surface area contributed by atoms with Crippen LogP contribution in [-0.4, -0.2) is 11.7 Å². The highest BCUT2D eigenvalue weighted by atomic mass is 16.2. The average molecular weight is 330 g/mol. The summed E-state index contributed by atoms with van der Waals surface area (Å²) in [4.78, 5) is 17.0. The second-order valence-corrected chi connectivity index (χ2v) is 5.23. The summed E-state index contributed by atoms with van der Waals surface area (Å²) in [5, 5.41) is 2.83. The number of hydrazine groups is 1. The van der Waals surface area contributed by atoms with Crippen molar-refractivity contribution >= 4 is 28.8 Å². The van der Waals surface area contributed by atoms with Crippen LogP contribution in [0.1, 0.15) is 0 Å². The van der Waals surface area contributed by atoms with Gasteiger partial charge in [-0.05, 0) is 36.4 Å². The molecule has 0 saturated carbocycles. The van der Waals surface area contributed by atoms with Crippen LogP contribution in [0, 0.1) is 0 Å². The predicted octanol–water partition coefficient (Wildman–Crippen LogP) is 3.97. The molecule has 124 valence electrons. The van der Waals surface area contributed by atoms with Crippen LogP contribution in [0.3, 0.4) is 0 Å². The third kappa shape index (κ3) is 4.94. The van der Waals surface area contributed by atoms with Gasteiger partial charge in [-0.2, -0.15) is 0 Å². The minimum atomic E-state index is -0.335. The Kier molecular flexibility index (Phi) is 5.40. The lowest BCUT2D eigenvalue weighted by molar-refractivity contribution is -0.110. The number of hydrogen-bond acceptors (Lipinski definition) is 3. The summed E-state index contributed by atoms with van der Waals surface area (Å²) in [7, 11) is 0. The van der Waals surface area contributed by atoms with Crippen LogP contribution in [0.2, 0.25) is 0 Å². The lowest BCUT2D eigenvalue weighted by Gasteiger charge is -2.12. The van der Waals surface area contributed by atoms with Crippen LogP contribution in [0.4, 0.5) is 17.1 Å². The van der Waals surface area contributed by atoms with E-state index in [1.807, 2.05) is 91.0 Å². The number of anilines is 2. The number of nitrogens with zero attached hydrogens (tertiary/aromatic N) is 1. The Labute approximate surface area is 146 Å². The van der Waals surface area contributed by atoms with Gasteiger partial charge in [0.15, 0.2) is 0 Å². The summed E-state index contributed by atoms with van der Waals surface area (Å²) in [6.45, 7) is 0. The zero-order valence-corrected chi connectivity index (χ0v) is 13.5. The van der Waals surface area contributed by atoms with Gasteiger partial charge in [-0.25, -0.2) is 4.99 Å². The smallest absolute Gasteiger partial charge is 0.292 e. The van der Waals surface area contributed by atoms with Crippen molar-refractivity contribution in [3.63, 3.8) is 0 Å². The Balaban J connectivity index is 1.78. The molecule has 0 heterocycles. The van der Waals surface area contributed by atoms with Gasteiger partial charge in [0.1, 0.15) is 0 Å². The van der Waals surface area contributed by atoms with Crippen molar-refractivity contribution in [1.29, 1.82) is 0 Å². The maximum Gasteiger partial charge on any atom is 0.292 e. The van der Waals surface area contributed by atoms with Gasteiger partial charge in [0.2, 0.25) is 5.84 Å². The maximum atomic E-state index is 12.6. The molecule has 0 bridgehead atoms. The number of rotatable bonds is 4. The summed E-state index contributed by atoms with van der Waals surface area (Å²) < 4.78 is 0. The van der Waals surface area contributed by atoms with Crippen LogP contribution in [0.15, 0.2) is 96.0 Å². The minimum Gasteiger partial charge on any atom is -0.319 e. The molecule has 0 atom stereocenters. The number of amidine groups is 1. The van der Waals surface area contributed by atoms with Crippen molar-refractivity contribution in [3.8, 4) is 0 Å². The van der Waals surface area contributed by atoms with Crippen LogP contribution in [-0.2, 0) is 4.79 Å². The van der Waals surface area contributed by atoms with E-state index in [1.54, 1.807) is 0 Å². The van der Waals surface area contributed by atoms with Crippen molar-refractivity contribution < 1.29 is 4.79 Å². The molecule has 25 heavy (non-hydrogen) atoms. The van der Waals surface area contributed by atoms with Crippen molar-refractivity contribution in [2.24, 2.45) is 4.99 Å². The van der Waals surface area contributed by atoms with Crippen LogP contribution >= 0.6 is 0 Å². The van der Waals surface area contributed by atoms with Gasteiger partial charge in [0.05, 0.1) is 11.4 Å². The molecule has 3 N–H and O–H groups in total. The first-order chi connectivity index (χ1) is 12.3. The average Bonchev–Trinajstić information content (AvgIpc) is 2.67. The van der Waals surface area contributed by atoms with E-state index < -0.39 is 0 Å². The number of carbonyl (C=O) groups excluding carboxylic acids is 1.